The number of ether oxygens (including phenoxy) is 1. The molecule has 0 aliphatic carbocycles. The lowest BCUT2D eigenvalue weighted by Gasteiger charge is -2.10. The first-order valence-corrected chi connectivity index (χ1v) is 5.90. The minimum absolute atomic E-state index is 0.0515. The van der Waals surface area contributed by atoms with Gasteiger partial charge >= 0.3 is 6.09 Å². The van der Waals surface area contributed by atoms with Gasteiger partial charge < -0.3 is 9.84 Å². The predicted molar refractivity (Wildman–Crippen MR) is 73.7 cm³/mol. The number of phenols is 1. The van der Waals surface area contributed by atoms with E-state index in [-0.39, 0.29) is 5.75 Å². The van der Waals surface area contributed by atoms with E-state index in [0.717, 1.165) is 5.56 Å². The van der Waals surface area contributed by atoms with Crippen LogP contribution in [0.3, 0.4) is 0 Å². The van der Waals surface area contributed by atoms with Gasteiger partial charge in [-0.1, -0.05) is 24.3 Å². The van der Waals surface area contributed by atoms with Crippen LogP contribution in [0, 0.1) is 13.8 Å². The zero-order valence-electron chi connectivity index (χ0n) is 10.8. The molecule has 4 nitrogen and oxygen atoms in total. The predicted octanol–water partition coefficient (Wildman–Crippen LogP) is 3.62. The Morgan fingerprint density at radius 3 is 2.53 bits per heavy atom. The lowest BCUT2D eigenvalue weighted by molar-refractivity contribution is 0.215. The molecule has 2 aromatic carbocycles. The summed E-state index contributed by atoms with van der Waals surface area (Å²) in [6.45, 7) is 3.66. The zero-order valence-corrected chi connectivity index (χ0v) is 10.8. The summed E-state index contributed by atoms with van der Waals surface area (Å²) in [6, 6.07) is 12.3. The largest absolute Gasteiger partial charge is 0.505 e. The van der Waals surface area contributed by atoms with Crippen molar-refractivity contribution in [3.05, 3.63) is 53.6 Å². The first-order valence-electron chi connectivity index (χ1n) is 5.90. The van der Waals surface area contributed by atoms with E-state index >= 15 is 0 Å². The summed E-state index contributed by atoms with van der Waals surface area (Å²) in [5, 5.41) is 12.4. The molecule has 0 heterocycles. The topological polar surface area (TPSA) is 58.6 Å². The minimum atomic E-state index is -0.633. The molecular weight excluding hydrogens is 242 g/mol. The molecule has 0 radical (unpaired) electrons. The molecule has 0 unspecified atom stereocenters. The van der Waals surface area contributed by atoms with E-state index in [0.29, 0.717) is 17.0 Å². The quantitative estimate of drug-likeness (QED) is 0.808. The number of para-hydroxylation sites is 1. The lowest BCUT2D eigenvalue weighted by atomic mass is 10.1. The molecule has 0 saturated heterocycles. The second-order valence-corrected chi connectivity index (χ2v) is 4.31. The van der Waals surface area contributed by atoms with Crippen molar-refractivity contribution in [2.24, 2.45) is 0 Å². The van der Waals surface area contributed by atoms with Crippen LogP contribution in [-0.4, -0.2) is 11.2 Å². The van der Waals surface area contributed by atoms with Gasteiger partial charge in [-0.3, -0.25) is 5.32 Å². The molecule has 0 spiro atoms. The average molecular weight is 257 g/mol. The standard InChI is InChI=1S/C15H15NO3/c1-10-8-11(2)14(17)13(9-10)16-15(18)19-12-6-4-3-5-7-12/h3-9,17H,1-2H3,(H,16,18). The Bertz CT molecular complexity index is 594. The van der Waals surface area contributed by atoms with Crippen molar-refractivity contribution in [3.63, 3.8) is 0 Å². The maximum atomic E-state index is 11.7. The van der Waals surface area contributed by atoms with Crippen LogP contribution in [-0.2, 0) is 0 Å². The third-order valence-electron chi connectivity index (χ3n) is 2.64. The van der Waals surface area contributed by atoms with Crippen LogP contribution >= 0.6 is 0 Å². The summed E-state index contributed by atoms with van der Waals surface area (Å²) in [5.41, 5.74) is 2.00. The van der Waals surface area contributed by atoms with Crippen molar-refractivity contribution >= 4 is 11.8 Å². The van der Waals surface area contributed by atoms with Crippen molar-refractivity contribution in [2.45, 2.75) is 13.8 Å². The Kier molecular flexibility index (Phi) is 3.71. The number of hydrogen-bond donors (Lipinski definition) is 2. The molecule has 2 aromatic rings. The summed E-state index contributed by atoms with van der Waals surface area (Å²) >= 11 is 0. The Morgan fingerprint density at radius 1 is 1.16 bits per heavy atom. The van der Waals surface area contributed by atoms with E-state index in [1.807, 2.05) is 19.1 Å². The summed E-state index contributed by atoms with van der Waals surface area (Å²) in [7, 11) is 0. The Hall–Kier alpha value is -2.49. The third-order valence-corrected chi connectivity index (χ3v) is 2.64. The number of nitrogens with one attached hydrogen (secondary N) is 1. The van der Waals surface area contributed by atoms with Crippen molar-refractivity contribution in [2.75, 3.05) is 5.32 Å². The van der Waals surface area contributed by atoms with Crippen LogP contribution in [0.1, 0.15) is 11.1 Å². The van der Waals surface area contributed by atoms with Gasteiger partial charge in [0.25, 0.3) is 0 Å². The molecule has 2 rings (SSSR count). The van der Waals surface area contributed by atoms with E-state index < -0.39 is 6.09 Å². The molecule has 0 fully saturated rings. The maximum absolute atomic E-state index is 11.7. The molecule has 98 valence electrons. The number of rotatable bonds is 2. The molecule has 1 amide bonds. The molecule has 0 bridgehead atoms. The highest BCUT2D eigenvalue weighted by Crippen LogP contribution is 2.28. The number of benzene rings is 2. The van der Waals surface area contributed by atoms with Crippen molar-refractivity contribution in [1.29, 1.82) is 0 Å². The van der Waals surface area contributed by atoms with Gasteiger partial charge in [-0.15, -0.1) is 0 Å². The Balaban J connectivity index is 2.11. The summed E-state index contributed by atoms with van der Waals surface area (Å²) in [4.78, 5) is 11.7. The number of amides is 1. The van der Waals surface area contributed by atoms with Crippen LogP contribution in [0.2, 0.25) is 0 Å². The van der Waals surface area contributed by atoms with Crippen molar-refractivity contribution in [1.82, 2.24) is 0 Å². The van der Waals surface area contributed by atoms with Crippen molar-refractivity contribution in [3.8, 4) is 11.5 Å². The highest BCUT2D eigenvalue weighted by atomic mass is 16.6. The smallest absolute Gasteiger partial charge is 0.417 e. The number of anilines is 1. The zero-order chi connectivity index (χ0) is 13.8. The summed E-state index contributed by atoms with van der Waals surface area (Å²) < 4.78 is 5.09. The lowest BCUT2D eigenvalue weighted by Crippen LogP contribution is -2.17. The van der Waals surface area contributed by atoms with Gasteiger partial charge in [-0.2, -0.15) is 0 Å². The number of phenolic OH excluding ortho intramolecular Hbond substituents is 1. The average Bonchev–Trinajstić information content (AvgIpc) is 2.36. The Morgan fingerprint density at radius 2 is 1.84 bits per heavy atom. The van der Waals surface area contributed by atoms with Crippen LogP contribution in [0.15, 0.2) is 42.5 Å². The van der Waals surface area contributed by atoms with Gasteiger partial charge in [0, 0.05) is 0 Å². The van der Waals surface area contributed by atoms with Crippen LogP contribution < -0.4 is 10.1 Å². The molecular formula is C15H15NO3. The molecule has 0 aliphatic rings. The fourth-order valence-electron chi connectivity index (χ4n) is 1.79. The molecule has 0 aromatic heterocycles. The van der Waals surface area contributed by atoms with E-state index in [2.05, 4.69) is 5.32 Å². The van der Waals surface area contributed by atoms with E-state index in [9.17, 15) is 9.90 Å². The molecule has 19 heavy (non-hydrogen) atoms. The first kappa shape index (κ1) is 13.0. The number of carbonyl (C=O) groups excluding carboxylic acids is 1. The fourth-order valence-corrected chi connectivity index (χ4v) is 1.79. The van der Waals surface area contributed by atoms with Gasteiger partial charge in [0.05, 0.1) is 5.69 Å². The maximum Gasteiger partial charge on any atom is 0.417 e. The second kappa shape index (κ2) is 5.44. The van der Waals surface area contributed by atoms with E-state index in [1.165, 1.54) is 0 Å². The van der Waals surface area contributed by atoms with Crippen LogP contribution in [0.5, 0.6) is 11.5 Å². The van der Waals surface area contributed by atoms with Crippen LogP contribution in [0.4, 0.5) is 10.5 Å². The monoisotopic (exact) mass is 257 g/mol. The normalized spacial score (nSPS) is 10.0. The first-order chi connectivity index (χ1) is 9.06. The second-order valence-electron chi connectivity index (χ2n) is 4.31. The van der Waals surface area contributed by atoms with Gasteiger partial charge in [0.2, 0.25) is 0 Å². The fraction of sp³-hybridized carbons (Fsp3) is 0.133. The third kappa shape index (κ3) is 3.25. The SMILES string of the molecule is Cc1cc(C)c(O)c(NC(=O)Oc2ccccc2)c1. The van der Waals surface area contributed by atoms with Gasteiger partial charge in [-0.25, -0.2) is 4.79 Å². The van der Waals surface area contributed by atoms with Gasteiger partial charge in [0.15, 0.2) is 0 Å². The number of hydrogen-bond acceptors (Lipinski definition) is 3. The minimum Gasteiger partial charge on any atom is -0.505 e. The van der Waals surface area contributed by atoms with Gasteiger partial charge in [-0.05, 0) is 43.2 Å². The summed E-state index contributed by atoms with van der Waals surface area (Å²) in [5.74, 6) is 0.500. The molecule has 2 N–H and O–H groups in total. The summed E-state index contributed by atoms with van der Waals surface area (Å²) in [6.07, 6.45) is -0.633. The number of carbonyl (C=O) groups is 1. The Labute approximate surface area is 111 Å². The van der Waals surface area contributed by atoms with Crippen LogP contribution in [0.25, 0.3) is 0 Å². The molecule has 4 heteroatoms. The molecule has 0 aliphatic heterocycles. The highest BCUT2D eigenvalue weighted by Gasteiger charge is 2.10. The number of aromatic hydroxyl groups is 1. The molecule has 0 saturated carbocycles. The van der Waals surface area contributed by atoms with Gasteiger partial charge in [0.1, 0.15) is 11.5 Å². The van der Waals surface area contributed by atoms with E-state index in [4.69, 9.17) is 4.74 Å². The van der Waals surface area contributed by atoms with Crippen molar-refractivity contribution < 1.29 is 14.6 Å². The number of aryl methyl sites for hydroxylation is 2. The highest BCUT2D eigenvalue weighted by molar-refractivity contribution is 5.88. The molecule has 0 atom stereocenters. The van der Waals surface area contributed by atoms with E-state index in [1.54, 1.807) is 37.3 Å².